The average molecular weight is 269 g/mol. The molecule has 0 unspecified atom stereocenters. The molecule has 1 N–H and O–H groups in total. The van der Waals surface area contributed by atoms with E-state index in [1.807, 2.05) is 21.0 Å². The molecule has 1 aromatic rings. The first-order chi connectivity index (χ1) is 8.49. The van der Waals surface area contributed by atoms with Crippen molar-refractivity contribution < 1.29 is 4.79 Å². The lowest BCUT2D eigenvalue weighted by molar-refractivity contribution is -0.121. The number of amides is 1. The summed E-state index contributed by atoms with van der Waals surface area (Å²) in [5, 5.41) is 4.00. The number of aromatic nitrogens is 1. The minimum absolute atomic E-state index is 0.124. The number of aryl methyl sites for hydroxylation is 3. The van der Waals surface area contributed by atoms with Gasteiger partial charge >= 0.3 is 0 Å². The quantitative estimate of drug-likeness (QED) is 0.767. The molecular weight excluding hydrogens is 246 g/mol. The molecule has 4 nitrogen and oxygen atoms in total. The van der Waals surface area contributed by atoms with Crippen LogP contribution in [0.5, 0.6) is 0 Å². The number of hydrogen-bond acceptors (Lipinski definition) is 4. The normalized spacial score (nSPS) is 10.9. The molecule has 0 fully saturated rings. The van der Waals surface area contributed by atoms with Crippen molar-refractivity contribution in [2.45, 2.75) is 33.1 Å². The van der Waals surface area contributed by atoms with Gasteiger partial charge in [0.05, 0.1) is 10.7 Å². The van der Waals surface area contributed by atoms with Gasteiger partial charge in [-0.1, -0.05) is 0 Å². The summed E-state index contributed by atoms with van der Waals surface area (Å²) in [6, 6.07) is 0. The van der Waals surface area contributed by atoms with Gasteiger partial charge in [-0.15, -0.1) is 11.3 Å². The smallest absolute Gasteiger partial charge is 0.220 e. The Labute approximate surface area is 113 Å². The Balaban J connectivity index is 2.17. The number of rotatable bonds is 7. The van der Waals surface area contributed by atoms with Gasteiger partial charge in [0, 0.05) is 24.3 Å². The Kier molecular flexibility index (Phi) is 6.29. The van der Waals surface area contributed by atoms with Crippen LogP contribution in [0.1, 0.15) is 28.4 Å². The number of hydrogen-bond donors (Lipinski definition) is 1. The van der Waals surface area contributed by atoms with Crippen LogP contribution in [0.25, 0.3) is 0 Å². The van der Waals surface area contributed by atoms with Crippen molar-refractivity contribution in [2.75, 3.05) is 27.2 Å². The summed E-state index contributed by atoms with van der Waals surface area (Å²) in [6.07, 6.45) is 2.28. The maximum atomic E-state index is 11.6. The highest BCUT2D eigenvalue weighted by Gasteiger charge is 2.06. The Hall–Kier alpha value is -0.940. The van der Waals surface area contributed by atoms with Gasteiger partial charge in [0.2, 0.25) is 5.91 Å². The lowest BCUT2D eigenvalue weighted by atomic mass is 10.3. The molecule has 0 radical (unpaired) electrons. The molecule has 0 aliphatic heterocycles. The fraction of sp³-hybridized carbons (Fsp3) is 0.692. The molecule has 5 heteroatoms. The first-order valence-corrected chi connectivity index (χ1v) is 7.15. The Bertz CT molecular complexity index is 368. The fourth-order valence-corrected chi connectivity index (χ4v) is 2.51. The minimum Gasteiger partial charge on any atom is -0.356 e. The fourth-order valence-electron chi connectivity index (χ4n) is 1.58. The number of nitrogens with zero attached hydrogens (tertiary/aromatic N) is 2. The largest absolute Gasteiger partial charge is 0.356 e. The number of thiazole rings is 1. The van der Waals surface area contributed by atoms with Crippen LogP contribution >= 0.6 is 11.3 Å². The highest BCUT2D eigenvalue weighted by molar-refractivity contribution is 7.11. The summed E-state index contributed by atoms with van der Waals surface area (Å²) in [5.74, 6) is 0.124. The van der Waals surface area contributed by atoms with Gasteiger partial charge < -0.3 is 10.2 Å². The molecule has 0 aliphatic rings. The zero-order valence-electron chi connectivity index (χ0n) is 11.7. The van der Waals surface area contributed by atoms with E-state index in [2.05, 4.69) is 22.1 Å². The number of nitrogens with one attached hydrogen (secondary N) is 1. The van der Waals surface area contributed by atoms with Gasteiger partial charge in [0.25, 0.3) is 0 Å². The van der Waals surface area contributed by atoms with E-state index in [1.165, 1.54) is 4.88 Å². The molecule has 1 rings (SSSR count). The highest BCUT2D eigenvalue weighted by Crippen LogP contribution is 2.17. The van der Waals surface area contributed by atoms with Crippen LogP contribution in [-0.2, 0) is 11.2 Å². The lowest BCUT2D eigenvalue weighted by Gasteiger charge is -2.09. The maximum absolute atomic E-state index is 11.6. The second-order valence-electron chi connectivity index (χ2n) is 4.76. The average Bonchev–Trinajstić information content (AvgIpc) is 2.61. The van der Waals surface area contributed by atoms with Crippen molar-refractivity contribution in [3.63, 3.8) is 0 Å². The predicted molar refractivity (Wildman–Crippen MR) is 76.1 cm³/mol. The molecule has 0 aliphatic carbocycles. The van der Waals surface area contributed by atoms with Gasteiger partial charge in [0.15, 0.2) is 0 Å². The van der Waals surface area contributed by atoms with E-state index >= 15 is 0 Å². The summed E-state index contributed by atoms with van der Waals surface area (Å²) >= 11 is 1.69. The summed E-state index contributed by atoms with van der Waals surface area (Å²) in [5.41, 5.74) is 1.08. The first kappa shape index (κ1) is 15.1. The molecule has 0 bridgehead atoms. The van der Waals surface area contributed by atoms with Gasteiger partial charge in [-0.25, -0.2) is 4.98 Å². The van der Waals surface area contributed by atoms with E-state index in [9.17, 15) is 4.79 Å². The Morgan fingerprint density at radius 2 is 2.11 bits per heavy atom. The maximum Gasteiger partial charge on any atom is 0.220 e. The van der Waals surface area contributed by atoms with Gasteiger partial charge in [-0.3, -0.25) is 4.79 Å². The van der Waals surface area contributed by atoms with Crippen LogP contribution in [0.3, 0.4) is 0 Å². The van der Waals surface area contributed by atoms with E-state index in [1.54, 1.807) is 11.3 Å². The summed E-state index contributed by atoms with van der Waals surface area (Å²) < 4.78 is 0. The molecule has 1 amide bonds. The van der Waals surface area contributed by atoms with Crippen molar-refractivity contribution in [3.05, 3.63) is 15.6 Å². The third-order valence-electron chi connectivity index (χ3n) is 2.74. The lowest BCUT2D eigenvalue weighted by Crippen LogP contribution is -2.27. The molecular formula is C13H23N3OS. The topological polar surface area (TPSA) is 45.2 Å². The molecule has 1 aromatic heterocycles. The molecule has 0 saturated carbocycles. The van der Waals surface area contributed by atoms with Gasteiger partial charge in [-0.05, 0) is 40.9 Å². The molecule has 1 heterocycles. The van der Waals surface area contributed by atoms with Crippen LogP contribution in [0.4, 0.5) is 0 Å². The molecule has 18 heavy (non-hydrogen) atoms. The van der Waals surface area contributed by atoms with Gasteiger partial charge in [-0.2, -0.15) is 0 Å². The minimum atomic E-state index is 0.124. The molecule has 0 saturated heterocycles. The summed E-state index contributed by atoms with van der Waals surface area (Å²) in [6.45, 7) is 5.84. The molecule has 0 atom stereocenters. The molecule has 0 aromatic carbocycles. The molecule has 102 valence electrons. The van der Waals surface area contributed by atoms with Crippen molar-refractivity contribution in [1.82, 2.24) is 15.2 Å². The zero-order chi connectivity index (χ0) is 13.5. The second-order valence-corrected chi connectivity index (χ2v) is 6.04. The predicted octanol–water partition coefficient (Wildman–Crippen LogP) is 1.76. The van der Waals surface area contributed by atoms with Crippen molar-refractivity contribution in [2.24, 2.45) is 0 Å². The Morgan fingerprint density at radius 1 is 1.39 bits per heavy atom. The monoisotopic (exact) mass is 269 g/mol. The third kappa shape index (κ3) is 5.60. The van der Waals surface area contributed by atoms with E-state index < -0.39 is 0 Å². The van der Waals surface area contributed by atoms with Crippen LogP contribution in [-0.4, -0.2) is 43.0 Å². The SMILES string of the molecule is Cc1nc(CCC(=O)NCCCN(C)C)sc1C. The van der Waals surface area contributed by atoms with Crippen molar-refractivity contribution in [1.29, 1.82) is 0 Å². The Morgan fingerprint density at radius 3 is 2.67 bits per heavy atom. The van der Waals surface area contributed by atoms with Crippen LogP contribution < -0.4 is 5.32 Å². The van der Waals surface area contributed by atoms with E-state index in [-0.39, 0.29) is 5.91 Å². The van der Waals surface area contributed by atoms with Crippen molar-refractivity contribution >= 4 is 17.2 Å². The zero-order valence-corrected chi connectivity index (χ0v) is 12.6. The number of carbonyl (C=O) groups is 1. The summed E-state index contributed by atoms with van der Waals surface area (Å²) in [4.78, 5) is 19.4. The second kappa shape index (κ2) is 7.48. The van der Waals surface area contributed by atoms with Crippen LogP contribution in [0.2, 0.25) is 0 Å². The third-order valence-corrected chi connectivity index (χ3v) is 3.88. The standard InChI is InChI=1S/C13H23N3OS/c1-10-11(2)18-13(15-10)7-6-12(17)14-8-5-9-16(3)4/h5-9H2,1-4H3,(H,14,17). The van der Waals surface area contributed by atoms with Gasteiger partial charge in [0.1, 0.15) is 0 Å². The first-order valence-electron chi connectivity index (χ1n) is 6.33. The molecule has 0 spiro atoms. The highest BCUT2D eigenvalue weighted by atomic mass is 32.1. The summed E-state index contributed by atoms with van der Waals surface area (Å²) in [7, 11) is 4.07. The van der Waals surface area contributed by atoms with E-state index in [0.29, 0.717) is 6.42 Å². The van der Waals surface area contributed by atoms with Crippen LogP contribution in [0, 0.1) is 13.8 Å². The van der Waals surface area contributed by atoms with Crippen molar-refractivity contribution in [3.8, 4) is 0 Å². The van der Waals surface area contributed by atoms with Crippen LogP contribution in [0.15, 0.2) is 0 Å². The van der Waals surface area contributed by atoms with E-state index in [4.69, 9.17) is 0 Å². The van der Waals surface area contributed by atoms with E-state index in [0.717, 1.165) is 36.6 Å². The number of carbonyl (C=O) groups excluding carboxylic acids is 1.